The third kappa shape index (κ3) is 3.76. The van der Waals surface area contributed by atoms with Crippen LogP contribution in [0.25, 0.3) is 0 Å². The number of hydrogen-bond acceptors (Lipinski definition) is 8. The van der Waals surface area contributed by atoms with E-state index in [4.69, 9.17) is 4.42 Å². The molecule has 0 saturated carbocycles. The third-order valence-electron chi connectivity index (χ3n) is 3.87. The monoisotopic (exact) mass is 318 g/mol. The Bertz CT molecular complexity index is 646. The van der Waals surface area contributed by atoms with Gasteiger partial charge in [0.2, 0.25) is 17.7 Å². The molecule has 2 aromatic rings. The standard InChI is InChI=1S/C15H22N6O2/c1-3-13-18-19-14(23-13)10-20(2)15-16-7-6-12(17-15)21-8-4-5-11(22)9-21/h6-7,11,22H,3-5,8-10H2,1-2H3/t11-/m0/s1. The normalized spacial score (nSPS) is 18.2. The molecule has 0 aromatic carbocycles. The fourth-order valence-electron chi connectivity index (χ4n) is 2.63. The molecule has 1 fully saturated rings. The summed E-state index contributed by atoms with van der Waals surface area (Å²) >= 11 is 0. The topological polar surface area (TPSA) is 91.4 Å². The predicted octanol–water partition coefficient (Wildman–Crippen LogP) is 1.02. The number of β-amino-alcohol motifs (C(OH)–C–C–N with tert-alkyl or cyclic N) is 1. The number of hydrogen-bond donors (Lipinski definition) is 1. The molecule has 2 aromatic heterocycles. The van der Waals surface area contributed by atoms with Gasteiger partial charge in [-0.2, -0.15) is 4.98 Å². The molecule has 8 nitrogen and oxygen atoms in total. The highest BCUT2D eigenvalue weighted by molar-refractivity contribution is 5.43. The quantitative estimate of drug-likeness (QED) is 0.873. The van der Waals surface area contributed by atoms with Gasteiger partial charge in [0.1, 0.15) is 5.82 Å². The first-order valence-electron chi connectivity index (χ1n) is 7.94. The van der Waals surface area contributed by atoms with Crippen molar-refractivity contribution < 1.29 is 9.52 Å². The first-order chi connectivity index (χ1) is 11.2. The molecule has 3 heterocycles. The minimum absolute atomic E-state index is 0.286. The van der Waals surface area contributed by atoms with Gasteiger partial charge < -0.3 is 19.3 Å². The first kappa shape index (κ1) is 15.7. The van der Waals surface area contributed by atoms with Crippen molar-refractivity contribution in [1.29, 1.82) is 0 Å². The number of nitrogens with zero attached hydrogens (tertiary/aromatic N) is 6. The number of aromatic nitrogens is 4. The zero-order valence-corrected chi connectivity index (χ0v) is 13.5. The maximum absolute atomic E-state index is 9.82. The van der Waals surface area contributed by atoms with E-state index in [1.807, 2.05) is 24.9 Å². The smallest absolute Gasteiger partial charge is 0.235 e. The molecule has 0 bridgehead atoms. The van der Waals surface area contributed by atoms with Crippen molar-refractivity contribution >= 4 is 11.8 Å². The number of rotatable bonds is 5. The van der Waals surface area contributed by atoms with Gasteiger partial charge >= 0.3 is 0 Å². The van der Waals surface area contributed by atoms with Crippen LogP contribution >= 0.6 is 0 Å². The van der Waals surface area contributed by atoms with Gasteiger partial charge in [-0.1, -0.05) is 6.92 Å². The largest absolute Gasteiger partial charge is 0.423 e. The Morgan fingerprint density at radius 1 is 1.39 bits per heavy atom. The van der Waals surface area contributed by atoms with Crippen molar-refractivity contribution in [2.24, 2.45) is 0 Å². The van der Waals surface area contributed by atoms with E-state index in [0.29, 0.717) is 30.8 Å². The molecular weight excluding hydrogens is 296 g/mol. The minimum Gasteiger partial charge on any atom is -0.423 e. The van der Waals surface area contributed by atoms with Crippen molar-refractivity contribution in [3.63, 3.8) is 0 Å². The van der Waals surface area contributed by atoms with Gasteiger partial charge in [-0.25, -0.2) is 4.98 Å². The van der Waals surface area contributed by atoms with E-state index in [-0.39, 0.29) is 6.10 Å². The molecular formula is C15H22N6O2. The van der Waals surface area contributed by atoms with Crippen LogP contribution in [0.4, 0.5) is 11.8 Å². The lowest BCUT2D eigenvalue weighted by molar-refractivity contribution is 0.154. The average Bonchev–Trinajstić information content (AvgIpc) is 3.02. The molecule has 3 rings (SSSR count). The molecule has 1 N–H and O–H groups in total. The van der Waals surface area contributed by atoms with E-state index in [1.165, 1.54) is 0 Å². The fourth-order valence-corrected chi connectivity index (χ4v) is 2.63. The highest BCUT2D eigenvalue weighted by Gasteiger charge is 2.20. The third-order valence-corrected chi connectivity index (χ3v) is 3.87. The lowest BCUT2D eigenvalue weighted by Gasteiger charge is -2.31. The lowest BCUT2D eigenvalue weighted by atomic mass is 10.1. The van der Waals surface area contributed by atoms with E-state index in [9.17, 15) is 5.11 Å². The maximum atomic E-state index is 9.82. The second kappa shape index (κ2) is 6.91. The summed E-state index contributed by atoms with van der Waals surface area (Å²) < 4.78 is 5.52. The summed E-state index contributed by atoms with van der Waals surface area (Å²) in [6.45, 7) is 3.95. The molecule has 23 heavy (non-hydrogen) atoms. The Morgan fingerprint density at radius 2 is 2.22 bits per heavy atom. The summed E-state index contributed by atoms with van der Waals surface area (Å²) in [6, 6.07) is 1.87. The van der Waals surface area contributed by atoms with Gasteiger partial charge in [-0.3, -0.25) is 0 Å². The number of aliphatic hydroxyl groups is 1. The SMILES string of the molecule is CCc1nnc(CN(C)c2nccc(N3CCC[C@H](O)C3)n2)o1. The van der Waals surface area contributed by atoms with Crippen molar-refractivity contribution in [2.75, 3.05) is 29.9 Å². The molecule has 8 heteroatoms. The predicted molar refractivity (Wildman–Crippen MR) is 85.3 cm³/mol. The van der Waals surface area contributed by atoms with Crippen LogP contribution in [0.2, 0.25) is 0 Å². The Kier molecular flexibility index (Phi) is 4.71. The molecule has 1 saturated heterocycles. The van der Waals surface area contributed by atoms with Crippen LogP contribution in [0.3, 0.4) is 0 Å². The summed E-state index contributed by atoms with van der Waals surface area (Å²) in [5.41, 5.74) is 0. The highest BCUT2D eigenvalue weighted by Crippen LogP contribution is 2.20. The minimum atomic E-state index is -0.286. The molecule has 1 atom stereocenters. The Hall–Kier alpha value is -2.22. The molecule has 1 aliphatic heterocycles. The molecule has 0 spiro atoms. The van der Waals surface area contributed by atoms with Crippen molar-refractivity contribution in [3.8, 4) is 0 Å². The summed E-state index contributed by atoms with van der Waals surface area (Å²) in [6.07, 6.45) is 4.00. The highest BCUT2D eigenvalue weighted by atomic mass is 16.4. The van der Waals surface area contributed by atoms with Gasteiger partial charge in [-0.05, 0) is 18.9 Å². The number of anilines is 2. The lowest BCUT2D eigenvalue weighted by Crippen LogP contribution is -2.38. The van der Waals surface area contributed by atoms with Crippen LogP contribution in [0, 0.1) is 0 Å². The second-order valence-corrected chi connectivity index (χ2v) is 5.76. The Balaban J connectivity index is 1.70. The van der Waals surface area contributed by atoms with E-state index in [0.717, 1.165) is 31.6 Å². The number of aryl methyl sites for hydroxylation is 1. The summed E-state index contributed by atoms with van der Waals surface area (Å²) in [7, 11) is 1.89. The van der Waals surface area contributed by atoms with Gasteiger partial charge in [-0.15, -0.1) is 10.2 Å². The summed E-state index contributed by atoms with van der Waals surface area (Å²) in [5.74, 6) is 2.61. The van der Waals surface area contributed by atoms with Crippen molar-refractivity contribution in [1.82, 2.24) is 20.2 Å². The second-order valence-electron chi connectivity index (χ2n) is 5.76. The van der Waals surface area contributed by atoms with E-state index in [2.05, 4.69) is 25.1 Å². The van der Waals surface area contributed by atoms with Crippen LogP contribution < -0.4 is 9.80 Å². The summed E-state index contributed by atoms with van der Waals surface area (Å²) in [4.78, 5) is 12.9. The molecule has 0 radical (unpaired) electrons. The van der Waals surface area contributed by atoms with Crippen molar-refractivity contribution in [3.05, 3.63) is 24.0 Å². The average molecular weight is 318 g/mol. The van der Waals surface area contributed by atoms with Gasteiger partial charge in [0, 0.05) is 32.8 Å². The van der Waals surface area contributed by atoms with Gasteiger partial charge in [0.25, 0.3) is 0 Å². The van der Waals surface area contributed by atoms with E-state index in [1.54, 1.807) is 6.20 Å². The first-order valence-corrected chi connectivity index (χ1v) is 7.94. The number of piperidine rings is 1. The molecule has 0 aliphatic carbocycles. The van der Waals surface area contributed by atoms with Crippen LogP contribution in [-0.4, -0.2) is 51.5 Å². The molecule has 124 valence electrons. The van der Waals surface area contributed by atoms with Crippen LogP contribution in [-0.2, 0) is 13.0 Å². The van der Waals surface area contributed by atoms with Gasteiger partial charge in [0.15, 0.2) is 0 Å². The van der Waals surface area contributed by atoms with Gasteiger partial charge in [0.05, 0.1) is 12.6 Å². The molecule has 0 amide bonds. The van der Waals surface area contributed by atoms with Crippen LogP contribution in [0.5, 0.6) is 0 Å². The Morgan fingerprint density at radius 3 is 2.96 bits per heavy atom. The molecule has 0 unspecified atom stereocenters. The fraction of sp³-hybridized carbons (Fsp3) is 0.600. The zero-order chi connectivity index (χ0) is 16.2. The van der Waals surface area contributed by atoms with E-state index >= 15 is 0 Å². The zero-order valence-electron chi connectivity index (χ0n) is 13.5. The summed E-state index contributed by atoms with van der Waals surface area (Å²) in [5, 5.41) is 17.8. The number of aliphatic hydroxyl groups excluding tert-OH is 1. The van der Waals surface area contributed by atoms with Crippen molar-refractivity contribution in [2.45, 2.75) is 38.8 Å². The van der Waals surface area contributed by atoms with Crippen LogP contribution in [0.15, 0.2) is 16.7 Å². The maximum Gasteiger partial charge on any atom is 0.235 e. The van der Waals surface area contributed by atoms with Crippen LogP contribution in [0.1, 0.15) is 31.5 Å². The van der Waals surface area contributed by atoms with E-state index < -0.39 is 0 Å². The molecule has 1 aliphatic rings. The Labute approximate surface area is 135 Å².